The molecule has 0 amide bonds. The quantitative estimate of drug-likeness (QED) is 0.154. The van der Waals surface area contributed by atoms with Crippen molar-refractivity contribution in [1.29, 1.82) is 0 Å². The van der Waals surface area contributed by atoms with Gasteiger partial charge in [0.15, 0.2) is 0 Å². The van der Waals surface area contributed by atoms with E-state index < -0.39 is 0 Å². The lowest BCUT2D eigenvalue weighted by Gasteiger charge is -2.27. The van der Waals surface area contributed by atoms with Crippen molar-refractivity contribution in [3.05, 3.63) is 169 Å². The van der Waals surface area contributed by atoms with Crippen LogP contribution in [0.25, 0.3) is 66.1 Å². The van der Waals surface area contributed by atoms with E-state index in [9.17, 15) is 0 Å². The number of nitrogens with zero attached hydrogens (tertiary/aromatic N) is 2. The fourth-order valence-corrected chi connectivity index (χ4v) is 8.20. The van der Waals surface area contributed by atoms with E-state index in [1.165, 1.54) is 82.7 Å². The van der Waals surface area contributed by atoms with Crippen molar-refractivity contribution in [2.75, 3.05) is 4.90 Å². The van der Waals surface area contributed by atoms with E-state index in [1.807, 2.05) is 13.8 Å². The molecule has 1 aromatic heterocycles. The van der Waals surface area contributed by atoms with Gasteiger partial charge in [0.25, 0.3) is 0 Å². The Kier molecular flexibility index (Phi) is 8.76. The van der Waals surface area contributed by atoms with Gasteiger partial charge in [0, 0.05) is 50.2 Å². The normalized spacial score (nSPS) is 13.0. The molecule has 51 heavy (non-hydrogen) atoms. The van der Waals surface area contributed by atoms with E-state index in [4.69, 9.17) is 0 Å². The molecule has 0 radical (unpaired) electrons. The fraction of sp³-hybridized carbons (Fsp3) is 0.143. The molecule has 0 aliphatic heterocycles. The molecular weight excluding hydrogens is 617 g/mol. The van der Waals surface area contributed by atoms with Crippen LogP contribution in [0.3, 0.4) is 0 Å². The van der Waals surface area contributed by atoms with Crippen LogP contribution in [0.4, 0.5) is 11.4 Å². The highest BCUT2D eigenvalue weighted by atomic mass is 15.1. The first-order valence-electron chi connectivity index (χ1n) is 18.5. The molecule has 7 aromatic carbocycles. The Balaban J connectivity index is 0.00000184. The van der Waals surface area contributed by atoms with E-state index in [2.05, 4.69) is 181 Å². The zero-order valence-electron chi connectivity index (χ0n) is 30.0. The maximum atomic E-state index is 2.52. The van der Waals surface area contributed by atoms with Crippen LogP contribution in [0.5, 0.6) is 0 Å². The molecule has 8 aromatic rings. The lowest BCUT2D eigenvalue weighted by atomic mass is 9.86. The second-order valence-corrected chi connectivity index (χ2v) is 13.0. The molecule has 250 valence electrons. The number of anilines is 2. The van der Waals surface area contributed by atoms with Crippen LogP contribution in [0, 0.1) is 0 Å². The predicted octanol–water partition coefficient (Wildman–Crippen LogP) is 14.2. The fourth-order valence-electron chi connectivity index (χ4n) is 8.20. The van der Waals surface area contributed by atoms with E-state index >= 15 is 0 Å². The molecule has 0 atom stereocenters. The van der Waals surface area contributed by atoms with Crippen molar-refractivity contribution in [3.63, 3.8) is 0 Å². The Bertz CT molecular complexity index is 2560. The highest BCUT2D eigenvalue weighted by molar-refractivity contribution is 6.36. The number of fused-ring (bicyclic) bond motifs is 3. The summed E-state index contributed by atoms with van der Waals surface area (Å²) in [5.74, 6) is 0. The van der Waals surface area contributed by atoms with Gasteiger partial charge in [-0.05, 0) is 107 Å². The van der Waals surface area contributed by atoms with Crippen molar-refractivity contribution in [3.8, 4) is 16.8 Å². The monoisotopic (exact) mass is 660 g/mol. The first-order valence-corrected chi connectivity index (χ1v) is 18.5. The van der Waals surface area contributed by atoms with E-state index in [-0.39, 0.29) is 0 Å². The van der Waals surface area contributed by atoms with Crippen LogP contribution in [-0.4, -0.2) is 4.57 Å². The third kappa shape index (κ3) is 5.34. The summed E-state index contributed by atoms with van der Waals surface area (Å²) < 4.78 is 2.52. The molecule has 1 aliphatic carbocycles. The minimum Gasteiger partial charge on any atom is -0.312 e. The second-order valence-electron chi connectivity index (χ2n) is 13.0. The molecule has 0 unspecified atom stereocenters. The third-order valence-electron chi connectivity index (χ3n) is 10.2. The van der Waals surface area contributed by atoms with Crippen LogP contribution in [0.1, 0.15) is 51.8 Å². The Morgan fingerprint density at radius 2 is 1.35 bits per heavy atom. The maximum absolute atomic E-state index is 2.52. The summed E-state index contributed by atoms with van der Waals surface area (Å²) in [6.45, 7) is 8.41. The number of benzene rings is 7. The summed E-state index contributed by atoms with van der Waals surface area (Å²) in [5.41, 5.74) is 11.2. The van der Waals surface area contributed by atoms with Gasteiger partial charge in [-0.3, -0.25) is 0 Å². The van der Waals surface area contributed by atoms with Gasteiger partial charge in [-0.2, -0.15) is 0 Å². The van der Waals surface area contributed by atoms with E-state index in [0.29, 0.717) is 0 Å². The zero-order chi connectivity index (χ0) is 34.9. The van der Waals surface area contributed by atoms with E-state index in [0.717, 1.165) is 24.9 Å². The standard InChI is InChI=1S/C47H38N2.C2H6/c1-3-16-39-43(4-2)49(36-22-12-7-13-23-36)47-41-26-15-24-38-42(31-33-17-14-25-40(46(39)47)44(33)45(38)41)32-27-29-37(30-28-32)48(34-18-8-5-9-19-34)35-20-10-6-11-21-35;1-2/h3,5,7-10,12-31H,4,6,11H2,1-2H3;1-2H3/b16-3-;. The summed E-state index contributed by atoms with van der Waals surface area (Å²) >= 11 is 0. The van der Waals surface area contributed by atoms with E-state index in [1.54, 1.807) is 0 Å². The first-order chi connectivity index (χ1) is 25.3. The molecule has 0 saturated carbocycles. The molecule has 1 heterocycles. The lowest BCUT2D eigenvalue weighted by Crippen LogP contribution is -2.16. The van der Waals surface area contributed by atoms with Gasteiger partial charge in [0.1, 0.15) is 0 Å². The highest BCUT2D eigenvalue weighted by Gasteiger charge is 2.24. The van der Waals surface area contributed by atoms with Crippen LogP contribution < -0.4 is 4.90 Å². The minimum absolute atomic E-state index is 0.939. The first kappa shape index (κ1) is 32.4. The average molecular weight is 661 g/mol. The van der Waals surface area contributed by atoms with Gasteiger partial charge in [-0.1, -0.05) is 130 Å². The molecule has 2 heteroatoms. The smallest absolute Gasteiger partial charge is 0.0622 e. The molecule has 0 fully saturated rings. The molecule has 2 nitrogen and oxygen atoms in total. The summed E-state index contributed by atoms with van der Waals surface area (Å²) in [5, 5.41) is 9.23. The van der Waals surface area contributed by atoms with Gasteiger partial charge in [-0.15, -0.1) is 0 Å². The molecule has 0 N–H and O–H groups in total. The van der Waals surface area contributed by atoms with Crippen molar-refractivity contribution < 1.29 is 0 Å². The number of para-hydroxylation sites is 2. The number of allylic oxidation sites excluding steroid dienone is 4. The Morgan fingerprint density at radius 1 is 0.667 bits per heavy atom. The largest absolute Gasteiger partial charge is 0.312 e. The topological polar surface area (TPSA) is 8.17 Å². The van der Waals surface area contributed by atoms with Crippen molar-refractivity contribution >= 4 is 60.7 Å². The predicted molar refractivity (Wildman–Crippen MR) is 223 cm³/mol. The van der Waals surface area contributed by atoms with Crippen molar-refractivity contribution in [1.82, 2.24) is 4.57 Å². The lowest BCUT2D eigenvalue weighted by molar-refractivity contribution is 0.959. The highest BCUT2D eigenvalue weighted by Crippen LogP contribution is 2.47. The average Bonchev–Trinajstić information content (AvgIpc) is 3.54. The number of hydrogen-bond donors (Lipinski definition) is 0. The minimum atomic E-state index is 0.939. The summed E-state index contributed by atoms with van der Waals surface area (Å²) in [6, 6.07) is 46.9. The molecule has 1 aliphatic rings. The SMILES string of the molecule is C/C=C\c1c(CC)n(-c2ccccc2)c2c3cccc4c(-c5ccc(N(C6=CCCC=C6)c6ccccc6)cc5)cc5cccc(c12)c5c43.CC. The molecular formula is C49H44N2. The van der Waals surface area contributed by atoms with Gasteiger partial charge in [0.2, 0.25) is 0 Å². The van der Waals surface area contributed by atoms with Gasteiger partial charge in [-0.25, -0.2) is 0 Å². The molecule has 0 spiro atoms. The maximum Gasteiger partial charge on any atom is 0.0622 e. The Hall–Kier alpha value is -5.86. The molecule has 0 bridgehead atoms. The Morgan fingerprint density at radius 3 is 2.06 bits per heavy atom. The summed E-state index contributed by atoms with van der Waals surface area (Å²) in [4.78, 5) is 2.37. The second kappa shape index (κ2) is 13.8. The van der Waals surface area contributed by atoms with Gasteiger partial charge < -0.3 is 9.47 Å². The van der Waals surface area contributed by atoms with Crippen LogP contribution in [0.15, 0.2) is 157 Å². The molecule has 0 saturated heterocycles. The Labute approximate surface area is 301 Å². The van der Waals surface area contributed by atoms with Crippen LogP contribution in [-0.2, 0) is 6.42 Å². The third-order valence-corrected chi connectivity index (χ3v) is 10.2. The summed E-state index contributed by atoms with van der Waals surface area (Å²) in [6.07, 6.45) is 14.5. The van der Waals surface area contributed by atoms with Gasteiger partial charge >= 0.3 is 0 Å². The zero-order valence-corrected chi connectivity index (χ0v) is 30.0. The number of aromatic nitrogens is 1. The number of rotatable bonds is 7. The van der Waals surface area contributed by atoms with Crippen LogP contribution >= 0.6 is 0 Å². The van der Waals surface area contributed by atoms with Gasteiger partial charge in [0.05, 0.1) is 5.52 Å². The van der Waals surface area contributed by atoms with Crippen LogP contribution in [0.2, 0.25) is 0 Å². The summed E-state index contributed by atoms with van der Waals surface area (Å²) in [7, 11) is 0. The molecule has 9 rings (SSSR count). The van der Waals surface area contributed by atoms with Crippen molar-refractivity contribution in [2.24, 2.45) is 0 Å². The number of hydrogen-bond acceptors (Lipinski definition) is 1. The van der Waals surface area contributed by atoms with Crippen molar-refractivity contribution in [2.45, 2.75) is 47.0 Å².